The Balaban J connectivity index is 0.00000450. The normalized spacial score (nSPS) is 11.8. The first-order valence-corrected chi connectivity index (χ1v) is 10.1. The van der Waals surface area contributed by atoms with E-state index in [9.17, 15) is 4.79 Å². The fourth-order valence-electron chi connectivity index (χ4n) is 2.79. The summed E-state index contributed by atoms with van der Waals surface area (Å²) in [6.07, 6.45) is 0.766. The maximum atomic E-state index is 11.8. The van der Waals surface area contributed by atoms with E-state index in [0.29, 0.717) is 12.1 Å². The molecule has 0 heterocycles. The van der Waals surface area contributed by atoms with Crippen molar-refractivity contribution in [1.82, 2.24) is 16.0 Å². The maximum Gasteiger partial charge on any atom is 0.251 e. The van der Waals surface area contributed by atoms with Gasteiger partial charge < -0.3 is 20.7 Å². The molecule has 6 nitrogen and oxygen atoms in total. The van der Waals surface area contributed by atoms with Crippen LogP contribution in [-0.4, -0.2) is 44.7 Å². The van der Waals surface area contributed by atoms with Crippen LogP contribution in [0.25, 0.3) is 0 Å². The lowest BCUT2D eigenvalue weighted by Crippen LogP contribution is -2.39. The Bertz CT molecular complexity index is 809. The molecule has 2 rings (SSSR count). The summed E-state index contributed by atoms with van der Waals surface area (Å²) in [5.41, 5.74) is 2.99. The number of carbonyl (C=O) groups is 1. The quantitative estimate of drug-likeness (QED) is 0.267. The minimum absolute atomic E-state index is 0. The Morgan fingerprint density at radius 1 is 1.13 bits per heavy atom. The Morgan fingerprint density at radius 2 is 1.87 bits per heavy atom. The summed E-state index contributed by atoms with van der Waals surface area (Å²) in [6.45, 7) is 8.16. The number of aryl methyl sites for hydroxylation is 1. The maximum absolute atomic E-state index is 11.8. The van der Waals surface area contributed by atoms with E-state index in [4.69, 9.17) is 4.74 Å². The number of carbonyl (C=O) groups excluding carboxylic acids is 1. The van der Waals surface area contributed by atoms with Crippen LogP contribution in [0.3, 0.4) is 0 Å². The molecule has 1 unspecified atom stereocenters. The first-order valence-electron chi connectivity index (χ1n) is 10.1. The first-order chi connectivity index (χ1) is 14.0. The molecule has 0 aliphatic heterocycles. The van der Waals surface area contributed by atoms with Crippen molar-refractivity contribution in [2.24, 2.45) is 4.99 Å². The number of benzene rings is 2. The van der Waals surface area contributed by atoms with Crippen LogP contribution >= 0.6 is 24.0 Å². The Morgan fingerprint density at radius 3 is 2.53 bits per heavy atom. The second-order valence-corrected chi connectivity index (χ2v) is 6.92. The molecule has 2 aromatic carbocycles. The van der Waals surface area contributed by atoms with Gasteiger partial charge >= 0.3 is 0 Å². The SMILES string of the molecule is CCNC(=NCC(C)Oc1ccc(C)cc1)NCCc1cccc(C(=O)NC)c1.I. The summed E-state index contributed by atoms with van der Waals surface area (Å²) >= 11 is 0. The fraction of sp³-hybridized carbons (Fsp3) is 0.391. The number of rotatable bonds is 9. The zero-order chi connectivity index (χ0) is 21.1. The molecule has 0 aromatic heterocycles. The Hall–Kier alpha value is -2.29. The zero-order valence-corrected chi connectivity index (χ0v) is 20.5. The minimum Gasteiger partial charge on any atom is -0.489 e. The molecule has 1 atom stereocenters. The molecule has 0 spiro atoms. The van der Waals surface area contributed by atoms with Gasteiger partial charge in [0.25, 0.3) is 5.91 Å². The summed E-state index contributed by atoms with van der Waals surface area (Å²) in [6, 6.07) is 15.7. The van der Waals surface area contributed by atoms with Gasteiger partial charge in [-0.3, -0.25) is 4.79 Å². The van der Waals surface area contributed by atoms with Crippen LogP contribution in [0.5, 0.6) is 5.75 Å². The van der Waals surface area contributed by atoms with Crippen LogP contribution in [0.4, 0.5) is 0 Å². The number of hydrogen-bond acceptors (Lipinski definition) is 3. The van der Waals surface area contributed by atoms with E-state index in [1.54, 1.807) is 7.05 Å². The molecule has 0 saturated carbocycles. The summed E-state index contributed by atoms with van der Waals surface area (Å²) in [5.74, 6) is 1.54. The number of nitrogens with one attached hydrogen (secondary N) is 3. The van der Waals surface area contributed by atoms with Crippen molar-refractivity contribution in [2.75, 3.05) is 26.7 Å². The van der Waals surface area contributed by atoms with E-state index >= 15 is 0 Å². The van der Waals surface area contributed by atoms with Crippen LogP contribution in [0.15, 0.2) is 53.5 Å². The average Bonchev–Trinajstić information content (AvgIpc) is 2.73. The summed E-state index contributed by atoms with van der Waals surface area (Å²) in [7, 11) is 1.64. The molecule has 30 heavy (non-hydrogen) atoms. The van der Waals surface area contributed by atoms with Crippen LogP contribution in [0, 0.1) is 6.92 Å². The number of hydrogen-bond donors (Lipinski definition) is 3. The van der Waals surface area contributed by atoms with Crippen molar-refractivity contribution in [1.29, 1.82) is 0 Å². The molecule has 0 saturated heterocycles. The van der Waals surface area contributed by atoms with Gasteiger partial charge in [-0.2, -0.15) is 0 Å². The van der Waals surface area contributed by atoms with Gasteiger partial charge in [0.05, 0.1) is 6.54 Å². The molecule has 2 aromatic rings. The average molecular weight is 524 g/mol. The first kappa shape index (κ1) is 25.7. The minimum atomic E-state index is -0.0720. The van der Waals surface area contributed by atoms with Gasteiger partial charge in [0.2, 0.25) is 0 Å². The van der Waals surface area contributed by atoms with Crippen LogP contribution in [0.1, 0.15) is 35.3 Å². The molecule has 0 fully saturated rings. The van der Waals surface area contributed by atoms with E-state index in [1.807, 2.05) is 62.4 Å². The molecule has 0 aliphatic rings. The number of amides is 1. The van der Waals surface area contributed by atoms with Gasteiger partial charge in [-0.25, -0.2) is 4.99 Å². The van der Waals surface area contributed by atoms with E-state index < -0.39 is 0 Å². The predicted molar refractivity (Wildman–Crippen MR) is 134 cm³/mol. The molecule has 1 amide bonds. The predicted octanol–water partition coefficient (Wildman–Crippen LogP) is 3.54. The standard InChI is InChI=1S/C23H32N4O2.HI/c1-5-25-23(27-16-18(3)29-21-11-9-17(2)10-12-21)26-14-13-19-7-6-8-20(15-19)22(28)24-4;/h6-12,15,18H,5,13-14,16H2,1-4H3,(H,24,28)(H2,25,26,27);1H. The number of guanidine groups is 1. The van der Waals surface area contributed by atoms with E-state index in [-0.39, 0.29) is 36.0 Å². The smallest absolute Gasteiger partial charge is 0.251 e. The topological polar surface area (TPSA) is 74.8 Å². The van der Waals surface area contributed by atoms with Gasteiger partial charge in [0, 0.05) is 25.7 Å². The molecule has 7 heteroatoms. The monoisotopic (exact) mass is 524 g/mol. The number of aliphatic imine (C=N–C) groups is 1. The second kappa shape index (κ2) is 13.8. The van der Waals surface area contributed by atoms with Crippen molar-refractivity contribution in [3.8, 4) is 5.75 Å². The molecule has 164 valence electrons. The second-order valence-electron chi connectivity index (χ2n) is 6.92. The molecular formula is C23H33IN4O2. The van der Waals surface area contributed by atoms with Crippen molar-refractivity contribution in [3.05, 3.63) is 65.2 Å². The lowest BCUT2D eigenvalue weighted by molar-refractivity contribution is 0.0963. The molecule has 0 radical (unpaired) electrons. The molecule has 3 N–H and O–H groups in total. The van der Waals surface area contributed by atoms with Gasteiger partial charge in [-0.05, 0) is 57.0 Å². The molecule has 0 bridgehead atoms. The number of halogens is 1. The third kappa shape index (κ3) is 9.02. The van der Waals surface area contributed by atoms with Gasteiger partial charge in [-0.15, -0.1) is 24.0 Å². The number of ether oxygens (including phenoxy) is 1. The molecular weight excluding hydrogens is 491 g/mol. The van der Waals surface area contributed by atoms with Gasteiger partial charge in [0.1, 0.15) is 11.9 Å². The Labute approximate surface area is 196 Å². The zero-order valence-electron chi connectivity index (χ0n) is 18.2. The van der Waals surface area contributed by atoms with Gasteiger partial charge in [0.15, 0.2) is 5.96 Å². The number of nitrogens with zero attached hydrogens (tertiary/aromatic N) is 1. The van der Waals surface area contributed by atoms with E-state index in [0.717, 1.165) is 36.8 Å². The van der Waals surface area contributed by atoms with Crippen molar-refractivity contribution >= 4 is 35.8 Å². The van der Waals surface area contributed by atoms with Crippen molar-refractivity contribution in [3.63, 3.8) is 0 Å². The van der Waals surface area contributed by atoms with E-state index in [2.05, 4.69) is 27.9 Å². The molecule has 0 aliphatic carbocycles. The third-order valence-corrected chi connectivity index (χ3v) is 4.33. The summed E-state index contributed by atoms with van der Waals surface area (Å²) in [4.78, 5) is 16.4. The highest BCUT2D eigenvalue weighted by Crippen LogP contribution is 2.13. The van der Waals surface area contributed by atoms with Gasteiger partial charge in [-0.1, -0.05) is 29.8 Å². The van der Waals surface area contributed by atoms with Crippen molar-refractivity contribution < 1.29 is 9.53 Å². The summed E-state index contributed by atoms with van der Waals surface area (Å²) in [5, 5.41) is 9.25. The highest BCUT2D eigenvalue weighted by atomic mass is 127. The lowest BCUT2D eigenvalue weighted by atomic mass is 10.1. The third-order valence-electron chi connectivity index (χ3n) is 4.33. The lowest BCUT2D eigenvalue weighted by Gasteiger charge is -2.15. The van der Waals surface area contributed by atoms with E-state index in [1.165, 1.54) is 5.56 Å². The largest absolute Gasteiger partial charge is 0.489 e. The van der Waals surface area contributed by atoms with Crippen LogP contribution in [0.2, 0.25) is 0 Å². The highest BCUT2D eigenvalue weighted by Gasteiger charge is 2.06. The highest BCUT2D eigenvalue weighted by molar-refractivity contribution is 14.0. The Kier molecular flexibility index (Phi) is 11.9. The van der Waals surface area contributed by atoms with Crippen LogP contribution in [-0.2, 0) is 6.42 Å². The summed E-state index contributed by atoms with van der Waals surface area (Å²) < 4.78 is 5.92. The van der Waals surface area contributed by atoms with Crippen LogP contribution < -0.4 is 20.7 Å². The van der Waals surface area contributed by atoms with Crippen molar-refractivity contribution in [2.45, 2.75) is 33.3 Å². The fourth-order valence-corrected chi connectivity index (χ4v) is 2.79.